The molecule has 1 saturated heterocycles. The molecule has 1 aromatic carbocycles. The Morgan fingerprint density at radius 3 is 2.71 bits per heavy atom. The number of piperidine rings is 1. The van der Waals surface area contributed by atoms with Gasteiger partial charge in [-0.1, -0.05) is 12.1 Å². The molecular weight excluding hydrogens is 306 g/mol. The monoisotopic (exact) mass is 327 g/mol. The van der Waals surface area contributed by atoms with Crippen LogP contribution in [0.3, 0.4) is 0 Å². The van der Waals surface area contributed by atoms with Gasteiger partial charge in [-0.05, 0) is 31.9 Å². The van der Waals surface area contributed by atoms with E-state index in [1.54, 1.807) is 4.57 Å². The molecule has 1 N–H and O–H groups in total. The van der Waals surface area contributed by atoms with Crippen LogP contribution in [0.2, 0.25) is 0 Å². The molecule has 0 saturated carbocycles. The average Bonchev–Trinajstić information content (AvgIpc) is 3.01. The van der Waals surface area contributed by atoms with Crippen LogP contribution in [0.4, 0.5) is 0 Å². The van der Waals surface area contributed by atoms with E-state index < -0.39 is 0 Å². The molecule has 7 nitrogen and oxygen atoms in total. The Balaban J connectivity index is 1.85. The van der Waals surface area contributed by atoms with Crippen molar-refractivity contribution in [2.75, 3.05) is 13.1 Å². The van der Waals surface area contributed by atoms with E-state index in [0.29, 0.717) is 24.3 Å². The van der Waals surface area contributed by atoms with Crippen LogP contribution >= 0.6 is 0 Å². The number of aliphatic hydroxyl groups excluding tert-OH is 1. The summed E-state index contributed by atoms with van der Waals surface area (Å²) in [7, 11) is 0. The fourth-order valence-electron chi connectivity index (χ4n) is 3.48. The molecule has 1 aliphatic rings. The van der Waals surface area contributed by atoms with E-state index in [9.17, 15) is 9.90 Å². The molecule has 0 radical (unpaired) electrons. The summed E-state index contributed by atoms with van der Waals surface area (Å²) in [6, 6.07) is 7.60. The number of hydrogen-bond donors (Lipinski definition) is 1. The lowest BCUT2D eigenvalue weighted by atomic mass is 10.1. The third-order valence-electron chi connectivity index (χ3n) is 4.81. The molecule has 4 rings (SSSR count). The number of aromatic nitrogens is 4. The van der Waals surface area contributed by atoms with Gasteiger partial charge in [-0.15, -0.1) is 10.2 Å². The number of aryl methyl sites for hydroxylation is 1. The number of hydrogen-bond acceptors (Lipinski definition) is 5. The first-order valence-corrected chi connectivity index (χ1v) is 8.45. The second kappa shape index (κ2) is 5.99. The van der Waals surface area contributed by atoms with Gasteiger partial charge in [0.2, 0.25) is 5.78 Å². The fourth-order valence-corrected chi connectivity index (χ4v) is 3.48. The third-order valence-corrected chi connectivity index (χ3v) is 4.81. The molecule has 126 valence electrons. The highest BCUT2D eigenvalue weighted by atomic mass is 16.3. The molecule has 24 heavy (non-hydrogen) atoms. The Hall–Kier alpha value is -2.25. The molecule has 7 heteroatoms. The number of nitrogens with zero attached hydrogens (tertiary/aromatic N) is 5. The summed E-state index contributed by atoms with van der Waals surface area (Å²) in [4.78, 5) is 14.9. The quantitative estimate of drug-likeness (QED) is 0.777. The number of likely N-dealkylation sites (tertiary alicyclic amines) is 1. The van der Waals surface area contributed by atoms with E-state index in [0.717, 1.165) is 37.3 Å². The molecule has 2 aromatic heterocycles. The maximum atomic E-state index is 12.7. The first-order valence-electron chi connectivity index (χ1n) is 8.45. The zero-order chi connectivity index (χ0) is 16.7. The molecule has 3 aromatic rings. The molecule has 0 bridgehead atoms. The second-order valence-corrected chi connectivity index (χ2v) is 6.33. The summed E-state index contributed by atoms with van der Waals surface area (Å²) < 4.78 is 3.66. The van der Waals surface area contributed by atoms with E-state index in [4.69, 9.17) is 0 Å². The van der Waals surface area contributed by atoms with Crippen LogP contribution < -0.4 is 5.56 Å². The zero-order valence-electron chi connectivity index (χ0n) is 13.7. The highest BCUT2D eigenvalue weighted by Gasteiger charge is 2.21. The fraction of sp³-hybridized carbons (Fsp3) is 0.471. The Labute approximate surface area is 139 Å². The Morgan fingerprint density at radius 2 is 1.96 bits per heavy atom. The predicted octanol–water partition coefficient (Wildman–Crippen LogP) is 1.02. The van der Waals surface area contributed by atoms with Crippen LogP contribution in [-0.2, 0) is 13.1 Å². The lowest BCUT2D eigenvalue weighted by Crippen LogP contribution is -2.35. The molecule has 0 spiro atoms. The SMILES string of the molecule is CCn1c(=O)c2ccccc2n2c(CN3CCC(O)CC3)nnc12. The minimum atomic E-state index is -0.192. The highest BCUT2D eigenvalue weighted by molar-refractivity contribution is 5.80. The first kappa shape index (κ1) is 15.3. The smallest absolute Gasteiger partial charge is 0.262 e. The third kappa shape index (κ3) is 2.40. The van der Waals surface area contributed by atoms with Crippen molar-refractivity contribution in [3.05, 3.63) is 40.4 Å². The molecule has 3 heterocycles. The zero-order valence-corrected chi connectivity index (χ0v) is 13.7. The Morgan fingerprint density at radius 1 is 1.21 bits per heavy atom. The summed E-state index contributed by atoms with van der Waals surface area (Å²) in [5.41, 5.74) is 0.819. The van der Waals surface area contributed by atoms with Crippen LogP contribution in [-0.4, -0.2) is 48.4 Å². The molecule has 1 fully saturated rings. The number of rotatable bonds is 3. The maximum Gasteiger partial charge on any atom is 0.262 e. The van der Waals surface area contributed by atoms with Crippen molar-refractivity contribution < 1.29 is 5.11 Å². The van der Waals surface area contributed by atoms with Crippen molar-refractivity contribution in [1.82, 2.24) is 24.1 Å². The van der Waals surface area contributed by atoms with Crippen molar-refractivity contribution >= 4 is 16.7 Å². The van der Waals surface area contributed by atoms with Crippen LogP contribution in [0.5, 0.6) is 0 Å². The van der Waals surface area contributed by atoms with Crippen molar-refractivity contribution in [3.8, 4) is 0 Å². The number of aliphatic hydroxyl groups is 1. The van der Waals surface area contributed by atoms with Crippen molar-refractivity contribution in [1.29, 1.82) is 0 Å². The average molecular weight is 327 g/mol. The highest BCUT2D eigenvalue weighted by Crippen LogP contribution is 2.17. The molecule has 0 atom stereocenters. The van der Waals surface area contributed by atoms with E-state index in [2.05, 4.69) is 15.1 Å². The topological polar surface area (TPSA) is 75.7 Å². The van der Waals surface area contributed by atoms with Gasteiger partial charge in [0.1, 0.15) is 0 Å². The van der Waals surface area contributed by atoms with Gasteiger partial charge in [0.15, 0.2) is 5.82 Å². The summed E-state index contributed by atoms with van der Waals surface area (Å²) in [6.07, 6.45) is 1.39. The van der Waals surface area contributed by atoms with Gasteiger partial charge in [0.05, 0.1) is 23.6 Å². The summed E-state index contributed by atoms with van der Waals surface area (Å²) in [5.74, 6) is 1.42. The largest absolute Gasteiger partial charge is 0.393 e. The minimum Gasteiger partial charge on any atom is -0.393 e. The van der Waals surface area contributed by atoms with E-state index >= 15 is 0 Å². The van der Waals surface area contributed by atoms with Gasteiger partial charge < -0.3 is 5.11 Å². The summed E-state index contributed by atoms with van der Waals surface area (Å²) in [6.45, 7) is 4.86. The maximum absolute atomic E-state index is 12.7. The second-order valence-electron chi connectivity index (χ2n) is 6.33. The van der Waals surface area contributed by atoms with Gasteiger partial charge in [0, 0.05) is 19.6 Å². The molecule has 0 unspecified atom stereocenters. The minimum absolute atomic E-state index is 0.0272. The van der Waals surface area contributed by atoms with E-state index in [-0.39, 0.29) is 11.7 Å². The first-order chi connectivity index (χ1) is 11.7. The number of benzene rings is 1. The summed E-state index contributed by atoms with van der Waals surface area (Å²) in [5, 5.41) is 19.0. The number of para-hydroxylation sites is 1. The van der Waals surface area contributed by atoms with Crippen LogP contribution in [0.15, 0.2) is 29.1 Å². The lowest BCUT2D eigenvalue weighted by Gasteiger charge is -2.28. The Bertz CT molecular complexity index is 937. The predicted molar refractivity (Wildman–Crippen MR) is 90.9 cm³/mol. The van der Waals surface area contributed by atoms with E-state index in [1.165, 1.54) is 0 Å². The van der Waals surface area contributed by atoms with Gasteiger partial charge in [0.25, 0.3) is 5.56 Å². The molecule has 0 aliphatic carbocycles. The van der Waals surface area contributed by atoms with E-state index in [1.807, 2.05) is 35.6 Å². The number of fused-ring (bicyclic) bond motifs is 3. The van der Waals surface area contributed by atoms with Gasteiger partial charge in [-0.2, -0.15) is 0 Å². The Kier molecular flexibility index (Phi) is 3.82. The van der Waals surface area contributed by atoms with Crippen LogP contribution in [0, 0.1) is 0 Å². The van der Waals surface area contributed by atoms with Gasteiger partial charge in [-0.3, -0.25) is 18.7 Å². The van der Waals surface area contributed by atoms with Gasteiger partial charge >= 0.3 is 0 Å². The van der Waals surface area contributed by atoms with Crippen molar-refractivity contribution in [2.45, 2.75) is 39.0 Å². The van der Waals surface area contributed by atoms with Gasteiger partial charge in [-0.25, -0.2) is 0 Å². The van der Waals surface area contributed by atoms with Crippen molar-refractivity contribution in [3.63, 3.8) is 0 Å². The standard InChI is InChI=1S/C17H21N5O2/c1-2-21-16(24)13-5-3-4-6-14(13)22-15(18-19-17(21)22)11-20-9-7-12(23)8-10-20/h3-6,12,23H,2,7-11H2,1H3. The molecular formula is C17H21N5O2. The summed E-state index contributed by atoms with van der Waals surface area (Å²) >= 11 is 0. The molecule has 0 amide bonds. The molecule has 1 aliphatic heterocycles. The van der Waals surface area contributed by atoms with Crippen LogP contribution in [0.1, 0.15) is 25.6 Å². The normalized spacial score (nSPS) is 17.1. The van der Waals surface area contributed by atoms with Crippen molar-refractivity contribution in [2.24, 2.45) is 0 Å². The van der Waals surface area contributed by atoms with Crippen LogP contribution in [0.25, 0.3) is 16.7 Å². The lowest BCUT2D eigenvalue weighted by molar-refractivity contribution is 0.0779.